The van der Waals surface area contributed by atoms with Crippen LogP contribution in [0, 0.1) is 6.92 Å². The summed E-state index contributed by atoms with van der Waals surface area (Å²) in [6, 6.07) is 8.26. The Bertz CT molecular complexity index is 1350. The van der Waals surface area contributed by atoms with E-state index in [0.717, 1.165) is 62.0 Å². The van der Waals surface area contributed by atoms with Gasteiger partial charge in [0.1, 0.15) is 11.9 Å². The topological polar surface area (TPSA) is 63.9 Å². The van der Waals surface area contributed by atoms with E-state index in [0.29, 0.717) is 12.5 Å². The molecule has 1 aromatic carbocycles. The van der Waals surface area contributed by atoms with Crippen molar-refractivity contribution in [1.82, 2.24) is 24.4 Å². The first-order valence-corrected chi connectivity index (χ1v) is 11.5. The van der Waals surface area contributed by atoms with Crippen molar-refractivity contribution in [2.45, 2.75) is 45.2 Å². The van der Waals surface area contributed by atoms with Gasteiger partial charge in [0.05, 0.1) is 33.5 Å². The van der Waals surface area contributed by atoms with E-state index in [1.807, 2.05) is 38.2 Å². The number of thiazole rings is 1. The Labute approximate surface area is 184 Å². The molecule has 1 aliphatic carbocycles. The van der Waals surface area contributed by atoms with Crippen molar-refractivity contribution in [1.29, 1.82) is 0 Å². The third-order valence-electron chi connectivity index (χ3n) is 6.38. The van der Waals surface area contributed by atoms with Gasteiger partial charge in [-0.15, -0.1) is 11.3 Å². The number of amides is 1. The lowest BCUT2D eigenvalue weighted by Gasteiger charge is -2.31. The molecule has 7 heteroatoms. The van der Waals surface area contributed by atoms with E-state index in [9.17, 15) is 4.79 Å². The summed E-state index contributed by atoms with van der Waals surface area (Å²) >= 11 is 1.66. The van der Waals surface area contributed by atoms with Gasteiger partial charge in [0.25, 0.3) is 0 Å². The van der Waals surface area contributed by atoms with Crippen molar-refractivity contribution in [3.63, 3.8) is 0 Å². The van der Waals surface area contributed by atoms with Crippen molar-refractivity contribution in [3.8, 4) is 21.8 Å². The number of benzene rings is 1. The average Bonchev–Trinajstić information content (AvgIpc) is 3.42. The Kier molecular flexibility index (Phi) is 4.05. The summed E-state index contributed by atoms with van der Waals surface area (Å²) < 4.78 is 2.20. The van der Waals surface area contributed by atoms with Crippen molar-refractivity contribution in [2.24, 2.45) is 0 Å². The zero-order valence-corrected chi connectivity index (χ0v) is 18.6. The normalized spacial score (nSPS) is 18.6. The molecule has 1 fully saturated rings. The molecule has 1 atom stereocenters. The predicted octanol–water partition coefficient (Wildman–Crippen LogP) is 4.94. The molecule has 1 amide bonds. The maximum atomic E-state index is 12.7. The van der Waals surface area contributed by atoms with Crippen molar-refractivity contribution < 1.29 is 4.79 Å². The van der Waals surface area contributed by atoms with Gasteiger partial charge in [0, 0.05) is 36.3 Å². The van der Waals surface area contributed by atoms with Crippen LogP contribution in [-0.2, 0) is 11.3 Å². The molecule has 0 radical (unpaired) electrons. The van der Waals surface area contributed by atoms with Crippen LogP contribution in [0.5, 0.6) is 0 Å². The van der Waals surface area contributed by atoms with Gasteiger partial charge in [-0.05, 0) is 38.1 Å². The Morgan fingerprint density at radius 2 is 2.00 bits per heavy atom. The van der Waals surface area contributed by atoms with Gasteiger partial charge in [-0.3, -0.25) is 9.78 Å². The number of carbonyl (C=O) groups excluding carboxylic acids is 1. The number of aromatic nitrogens is 4. The van der Waals surface area contributed by atoms with Crippen LogP contribution >= 0.6 is 11.3 Å². The maximum absolute atomic E-state index is 12.7. The molecular formula is C24H23N5OS. The maximum Gasteiger partial charge on any atom is 0.245 e. The van der Waals surface area contributed by atoms with Gasteiger partial charge in [0.15, 0.2) is 0 Å². The van der Waals surface area contributed by atoms with Gasteiger partial charge in [-0.25, -0.2) is 9.97 Å². The lowest BCUT2D eigenvalue weighted by molar-refractivity contribution is -0.135. The third-order valence-corrected chi connectivity index (χ3v) is 7.32. The molecule has 0 unspecified atom stereocenters. The molecule has 0 spiro atoms. The Balaban J connectivity index is 1.53. The van der Waals surface area contributed by atoms with Crippen molar-refractivity contribution in [2.75, 3.05) is 7.05 Å². The number of hydrogen-bond acceptors (Lipinski definition) is 5. The largest absolute Gasteiger partial charge is 0.338 e. The van der Waals surface area contributed by atoms with Crippen LogP contribution in [0.3, 0.4) is 0 Å². The van der Waals surface area contributed by atoms with Gasteiger partial charge >= 0.3 is 0 Å². The van der Waals surface area contributed by atoms with E-state index >= 15 is 0 Å². The summed E-state index contributed by atoms with van der Waals surface area (Å²) in [4.78, 5) is 29.8. The molecular weight excluding hydrogens is 406 g/mol. The number of imidazole rings is 1. The molecule has 0 N–H and O–H groups in total. The highest BCUT2D eigenvalue weighted by Gasteiger charge is 2.38. The summed E-state index contributed by atoms with van der Waals surface area (Å²) in [5, 5.41) is 3.26. The number of hydrogen-bond donors (Lipinski definition) is 0. The van der Waals surface area contributed by atoms with Gasteiger partial charge < -0.3 is 9.47 Å². The number of fused-ring (bicyclic) bond motifs is 2. The lowest BCUT2D eigenvalue weighted by atomic mass is 10.0. The second-order valence-corrected chi connectivity index (χ2v) is 9.85. The van der Waals surface area contributed by atoms with Crippen molar-refractivity contribution >= 4 is 28.0 Å². The molecule has 6 rings (SSSR count). The van der Waals surface area contributed by atoms with Crippen LogP contribution in [0.25, 0.3) is 32.6 Å². The highest BCUT2D eigenvalue weighted by atomic mass is 32.1. The third kappa shape index (κ3) is 2.91. The first kappa shape index (κ1) is 18.7. The standard InChI is InChI=1S/C24H23N5OS/c1-13-24(30)28(3)12-20-22(27-23(29(13)20)15-7-8-15)17-6-4-5-16-9-19(26-10-18(16)17)21-11-25-14(2)31-21/h4-6,9-11,13,15H,7-8,12H2,1-3H3/t13-/m1/s1. The Morgan fingerprint density at radius 3 is 2.74 bits per heavy atom. The number of rotatable bonds is 3. The molecule has 1 aliphatic heterocycles. The van der Waals surface area contributed by atoms with E-state index < -0.39 is 0 Å². The molecule has 1 saturated carbocycles. The SMILES string of the molecule is Cc1ncc(-c2cc3cccc(-c4nc(C5CC5)n5c4CN(C)C(=O)[C@H]5C)c3cn2)s1. The number of aryl methyl sites for hydroxylation is 1. The zero-order chi connectivity index (χ0) is 21.3. The number of pyridine rings is 1. The van der Waals surface area contributed by atoms with Crippen molar-refractivity contribution in [3.05, 3.63) is 53.2 Å². The van der Waals surface area contributed by atoms with E-state index in [1.165, 1.54) is 0 Å². The van der Waals surface area contributed by atoms with Gasteiger partial charge in [-0.1, -0.05) is 18.2 Å². The quantitative estimate of drug-likeness (QED) is 0.463. The minimum absolute atomic E-state index is 0.155. The van der Waals surface area contributed by atoms with E-state index in [-0.39, 0.29) is 11.9 Å². The van der Waals surface area contributed by atoms with Crippen LogP contribution in [0.1, 0.15) is 48.3 Å². The highest BCUT2D eigenvalue weighted by molar-refractivity contribution is 7.15. The molecule has 0 saturated heterocycles. The molecule has 2 aliphatic rings. The highest BCUT2D eigenvalue weighted by Crippen LogP contribution is 2.45. The molecule has 6 nitrogen and oxygen atoms in total. The molecule has 4 heterocycles. The van der Waals surface area contributed by atoms with E-state index in [2.05, 4.69) is 33.8 Å². The minimum Gasteiger partial charge on any atom is -0.338 e. The van der Waals surface area contributed by atoms with Crippen LogP contribution in [0.4, 0.5) is 0 Å². The molecule has 3 aromatic heterocycles. The van der Waals surface area contributed by atoms with Crippen LogP contribution in [0.2, 0.25) is 0 Å². The molecule has 156 valence electrons. The van der Waals surface area contributed by atoms with Gasteiger partial charge in [0.2, 0.25) is 5.91 Å². The van der Waals surface area contributed by atoms with E-state index in [1.54, 1.807) is 11.3 Å². The Hall–Kier alpha value is -3.06. The predicted molar refractivity (Wildman–Crippen MR) is 122 cm³/mol. The second kappa shape index (κ2) is 6.72. The summed E-state index contributed by atoms with van der Waals surface area (Å²) in [6.45, 7) is 4.59. The minimum atomic E-state index is -0.208. The monoisotopic (exact) mass is 429 g/mol. The fourth-order valence-electron chi connectivity index (χ4n) is 4.64. The summed E-state index contributed by atoms with van der Waals surface area (Å²) in [7, 11) is 1.88. The molecule has 0 bridgehead atoms. The fraction of sp³-hybridized carbons (Fsp3) is 0.333. The fourth-order valence-corrected chi connectivity index (χ4v) is 5.38. The molecule has 4 aromatic rings. The average molecular weight is 430 g/mol. The first-order valence-electron chi connectivity index (χ1n) is 10.7. The van der Waals surface area contributed by atoms with E-state index in [4.69, 9.17) is 9.97 Å². The first-order chi connectivity index (χ1) is 15.0. The van der Waals surface area contributed by atoms with Crippen LogP contribution in [0.15, 0.2) is 36.7 Å². The smallest absolute Gasteiger partial charge is 0.245 e. The number of nitrogens with zero attached hydrogens (tertiary/aromatic N) is 5. The lowest BCUT2D eigenvalue weighted by Crippen LogP contribution is -2.39. The summed E-state index contributed by atoms with van der Waals surface area (Å²) in [6.07, 6.45) is 6.15. The van der Waals surface area contributed by atoms with Gasteiger partial charge in [-0.2, -0.15) is 0 Å². The summed E-state index contributed by atoms with van der Waals surface area (Å²) in [5.74, 6) is 1.70. The summed E-state index contributed by atoms with van der Waals surface area (Å²) in [5.41, 5.74) is 4.15. The second-order valence-electron chi connectivity index (χ2n) is 8.62. The number of likely N-dealkylation sites (N-methyl/N-ethyl adjacent to an activating group) is 1. The molecule has 31 heavy (non-hydrogen) atoms. The number of carbonyl (C=O) groups is 1. The zero-order valence-electron chi connectivity index (χ0n) is 17.8. The Morgan fingerprint density at radius 1 is 1.16 bits per heavy atom. The van der Waals surface area contributed by atoms with Crippen LogP contribution < -0.4 is 0 Å². The van der Waals surface area contributed by atoms with Crippen LogP contribution in [-0.4, -0.2) is 37.4 Å².